The summed E-state index contributed by atoms with van der Waals surface area (Å²) < 4.78 is 11.5. The zero-order valence-electron chi connectivity index (χ0n) is 20.1. The fourth-order valence-electron chi connectivity index (χ4n) is 4.71. The largest absolute Gasteiger partial charge is 0.493 e. The van der Waals surface area contributed by atoms with E-state index in [0.29, 0.717) is 28.8 Å². The number of para-hydroxylation sites is 1. The van der Waals surface area contributed by atoms with Gasteiger partial charge in [0.05, 0.1) is 31.1 Å². The van der Waals surface area contributed by atoms with Crippen molar-refractivity contribution in [3.63, 3.8) is 0 Å². The monoisotopic (exact) mass is 506 g/mol. The Bertz CT molecular complexity index is 1250. The molecule has 2 aliphatic heterocycles. The van der Waals surface area contributed by atoms with Gasteiger partial charge in [0.15, 0.2) is 17.6 Å². The molecule has 0 aliphatic carbocycles. The summed E-state index contributed by atoms with van der Waals surface area (Å²) >= 11 is 6.02. The first kappa shape index (κ1) is 24.2. The molecule has 3 aromatic rings. The average molecular weight is 507 g/mol. The zero-order chi connectivity index (χ0) is 25.2. The van der Waals surface area contributed by atoms with Crippen LogP contribution in [-0.2, 0) is 14.4 Å². The number of carbonyl (C=O) groups is 2. The molecule has 7 nitrogen and oxygen atoms in total. The lowest BCUT2D eigenvalue weighted by molar-refractivity contribution is -0.126. The number of nitrogens with zero attached hydrogens (tertiary/aromatic N) is 2. The molecule has 0 spiro atoms. The van der Waals surface area contributed by atoms with Crippen molar-refractivity contribution in [3.8, 4) is 11.5 Å². The number of fused-ring (bicyclic) bond motifs is 1. The van der Waals surface area contributed by atoms with Crippen LogP contribution in [0.25, 0.3) is 0 Å². The predicted molar refractivity (Wildman–Crippen MR) is 137 cm³/mol. The van der Waals surface area contributed by atoms with Gasteiger partial charge in [-0.25, -0.2) is 9.96 Å². The van der Waals surface area contributed by atoms with Crippen LogP contribution >= 0.6 is 11.6 Å². The molecule has 0 N–H and O–H groups in total. The number of unbranched alkanes of at least 4 members (excludes halogenated alkanes) is 1. The van der Waals surface area contributed by atoms with E-state index in [-0.39, 0.29) is 5.91 Å². The molecule has 0 bridgehead atoms. The summed E-state index contributed by atoms with van der Waals surface area (Å²) in [4.78, 5) is 34.6. The number of halogens is 1. The first-order valence-electron chi connectivity index (χ1n) is 12.0. The van der Waals surface area contributed by atoms with E-state index in [1.165, 1.54) is 4.90 Å². The molecule has 2 saturated heterocycles. The number of methoxy groups -OCH3 is 1. The Hall–Kier alpha value is -3.55. The molecule has 8 heteroatoms. The molecule has 2 aliphatic rings. The molecule has 0 aromatic heterocycles. The van der Waals surface area contributed by atoms with Crippen LogP contribution in [0.3, 0.4) is 0 Å². The van der Waals surface area contributed by atoms with Crippen molar-refractivity contribution < 1.29 is 23.9 Å². The fourth-order valence-corrected chi connectivity index (χ4v) is 4.84. The van der Waals surface area contributed by atoms with Gasteiger partial charge in [-0.3, -0.25) is 14.4 Å². The van der Waals surface area contributed by atoms with Gasteiger partial charge < -0.3 is 9.47 Å². The van der Waals surface area contributed by atoms with Gasteiger partial charge in [0.1, 0.15) is 5.92 Å². The maximum Gasteiger partial charge on any atom is 0.266 e. The molecule has 5 rings (SSSR count). The summed E-state index contributed by atoms with van der Waals surface area (Å²) in [6.07, 6.45) is 1.00. The minimum atomic E-state index is -0.954. The maximum absolute atomic E-state index is 13.7. The van der Waals surface area contributed by atoms with Crippen molar-refractivity contribution in [3.05, 3.63) is 83.4 Å². The lowest BCUT2D eigenvalue weighted by Gasteiger charge is -2.29. The van der Waals surface area contributed by atoms with Crippen LogP contribution in [0.15, 0.2) is 72.8 Å². The van der Waals surface area contributed by atoms with E-state index in [0.717, 1.165) is 24.1 Å². The number of hydrogen-bond acceptors (Lipinski definition) is 6. The van der Waals surface area contributed by atoms with Crippen molar-refractivity contribution in [2.75, 3.05) is 23.7 Å². The molecule has 0 unspecified atom stereocenters. The van der Waals surface area contributed by atoms with Gasteiger partial charge in [-0.1, -0.05) is 49.2 Å². The Morgan fingerprint density at radius 3 is 2.36 bits per heavy atom. The van der Waals surface area contributed by atoms with Crippen LogP contribution in [0.4, 0.5) is 11.4 Å². The van der Waals surface area contributed by atoms with Gasteiger partial charge in [0.2, 0.25) is 5.91 Å². The maximum atomic E-state index is 13.7. The Morgan fingerprint density at radius 2 is 1.67 bits per heavy atom. The highest BCUT2D eigenvalue weighted by Crippen LogP contribution is 2.48. The summed E-state index contributed by atoms with van der Waals surface area (Å²) in [7, 11) is 1.58. The van der Waals surface area contributed by atoms with Gasteiger partial charge in [-0.15, -0.1) is 0 Å². The third-order valence-electron chi connectivity index (χ3n) is 6.50. The number of carbonyl (C=O) groups excluding carboxylic acids is 2. The Kier molecular flexibility index (Phi) is 6.85. The topological polar surface area (TPSA) is 68.3 Å². The van der Waals surface area contributed by atoms with E-state index in [9.17, 15) is 9.59 Å². The second-order valence-corrected chi connectivity index (χ2v) is 9.20. The number of amides is 2. The van der Waals surface area contributed by atoms with E-state index in [1.54, 1.807) is 36.4 Å². The summed E-state index contributed by atoms with van der Waals surface area (Å²) in [6.45, 7) is 2.69. The molecular formula is C28H27ClN2O5. The smallest absolute Gasteiger partial charge is 0.266 e. The van der Waals surface area contributed by atoms with Crippen LogP contribution in [0, 0.1) is 5.92 Å². The molecule has 3 atom stereocenters. The molecular weight excluding hydrogens is 480 g/mol. The zero-order valence-corrected chi connectivity index (χ0v) is 20.9. The predicted octanol–water partition coefficient (Wildman–Crippen LogP) is 5.58. The number of anilines is 2. The number of ether oxygens (including phenoxy) is 2. The number of imide groups is 1. The molecule has 186 valence electrons. The van der Waals surface area contributed by atoms with Crippen molar-refractivity contribution in [1.29, 1.82) is 0 Å². The minimum Gasteiger partial charge on any atom is -0.493 e. The first-order valence-corrected chi connectivity index (χ1v) is 12.4. The van der Waals surface area contributed by atoms with Crippen LogP contribution in [0.5, 0.6) is 11.5 Å². The number of hydroxylamine groups is 1. The highest BCUT2D eigenvalue weighted by Gasteiger charge is 2.60. The molecule has 2 fully saturated rings. The Balaban J connectivity index is 1.54. The molecule has 3 aromatic carbocycles. The molecule has 2 amide bonds. The summed E-state index contributed by atoms with van der Waals surface area (Å²) in [6, 6.07) is 21.1. The number of benzene rings is 3. The Morgan fingerprint density at radius 1 is 0.917 bits per heavy atom. The first-order chi connectivity index (χ1) is 17.5. The average Bonchev–Trinajstić information content (AvgIpc) is 3.41. The van der Waals surface area contributed by atoms with Crippen molar-refractivity contribution in [1.82, 2.24) is 0 Å². The van der Waals surface area contributed by atoms with Crippen LogP contribution in [0.2, 0.25) is 5.02 Å². The van der Waals surface area contributed by atoms with Gasteiger partial charge >= 0.3 is 0 Å². The molecule has 0 saturated carbocycles. The summed E-state index contributed by atoms with van der Waals surface area (Å²) in [5.41, 5.74) is 2.00. The third-order valence-corrected chi connectivity index (χ3v) is 6.75. The SMILES string of the molecule is CCCCOc1ccc([C@@H]2[C@@H]3C(=O)N(c4ccc(Cl)cc4)C(=O)[C@H]3ON2c2ccccc2)cc1OC. The summed E-state index contributed by atoms with van der Waals surface area (Å²) in [5, 5.41) is 2.19. The van der Waals surface area contributed by atoms with Crippen LogP contribution in [-0.4, -0.2) is 31.6 Å². The van der Waals surface area contributed by atoms with Gasteiger partial charge in [-0.2, -0.15) is 0 Å². The second-order valence-electron chi connectivity index (χ2n) is 8.76. The molecule has 36 heavy (non-hydrogen) atoms. The van der Waals surface area contributed by atoms with Crippen molar-refractivity contribution >= 4 is 34.8 Å². The normalized spacial score (nSPS) is 21.1. The summed E-state index contributed by atoms with van der Waals surface area (Å²) in [5.74, 6) is -0.274. The van der Waals surface area contributed by atoms with E-state index in [2.05, 4.69) is 6.92 Å². The second kappa shape index (κ2) is 10.2. The lowest BCUT2D eigenvalue weighted by atomic mass is 9.90. The third kappa shape index (κ3) is 4.29. The van der Waals surface area contributed by atoms with E-state index in [1.807, 2.05) is 48.5 Å². The number of hydrogen-bond donors (Lipinski definition) is 0. The van der Waals surface area contributed by atoms with E-state index >= 15 is 0 Å². The number of rotatable bonds is 8. The highest BCUT2D eigenvalue weighted by molar-refractivity contribution is 6.31. The van der Waals surface area contributed by atoms with Gasteiger partial charge in [0, 0.05) is 5.02 Å². The van der Waals surface area contributed by atoms with Crippen LogP contribution < -0.4 is 19.4 Å². The van der Waals surface area contributed by atoms with Gasteiger partial charge in [0.25, 0.3) is 5.91 Å². The fraction of sp³-hybridized carbons (Fsp3) is 0.286. The van der Waals surface area contributed by atoms with Crippen LogP contribution in [0.1, 0.15) is 31.4 Å². The highest BCUT2D eigenvalue weighted by atomic mass is 35.5. The Labute approximate surface area is 215 Å². The molecule has 0 radical (unpaired) electrons. The van der Waals surface area contributed by atoms with E-state index in [4.69, 9.17) is 25.9 Å². The minimum absolute atomic E-state index is 0.321. The quantitative estimate of drug-likeness (QED) is 0.293. The van der Waals surface area contributed by atoms with E-state index < -0.39 is 24.0 Å². The standard InChI is InChI=1S/C28H27ClN2O5/c1-3-4-16-35-22-15-10-18(17-23(22)34-2)25-24-26(36-31(25)21-8-6-5-7-9-21)28(33)30(27(24)32)20-13-11-19(29)12-14-20/h5-15,17,24-26H,3-4,16H2,1-2H3/t24-,25+,26-/m0/s1. The molecule has 2 heterocycles. The van der Waals surface area contributed by atoms with Crippen molar-refractivity contribution in [2.45, 2.75) is 31.9 Å². The van der Waals surface area contributed by atoms with Gasteiger partial charge in [-0.05, 0) is 60.5 Å². The van der Waals surface area contributed by atoms with Crippen molar-refractivity contribution in [2.24, 2.45) is 5.92 Å². The lowest BCUT2D eigenvalue weighted by Crippen LogP contribution is -2.37.